The normalized spacial score (nSPS) is 19.7. The third-order valence-electron chi connectivity index (χ3n) is 3.68. The van der Waals surface area contributed by atoms with Crippen LogP contribution in [0.15, 0.2) is 35.4 Å². The quantitative estimate of drug-likeness (QED) is 0.825. The molecule has 1 N–H and O–H groups in total. The molecular formula is C16H23NO. The van der Waals surface area contributed by atoms with Gasteiger partial charge in [0.05, 0.1) is 7.11 Å². The van der Waals surface area contributed by atoms with E-state index < -0.39 is 0 Å². The Morgan fingerprint density at radius 1 is 1.28 bits per heavy atom. The summed E-state index contributed by atoms with van der Waals surface area (Å²) in [6.07, 6.45) is 3.58. The first-order valence-corrected chi connectivity index (χ1v) is 6.73. The fourth-order valence-electron chi connectivity index (χ4n) is 2.64. The summed E-state index contributed by atoms with van der Waals surface area (Å²) < 4.78 is 5.19. The SMILES string of the molecule is COc1ccc(C[C@@H]2NCCCC2=C(C)C)cc1. The Morgan fingerprint density at radius 3 is 2.61 bits per heavy atom. The van der Waals surface area contributed by atoms with Gasteiger partial charge in [-0.25, -0.2) is 0 Å². The van der Waals surface area contributed by atoms with Crippen LogP contribution in [0, 0.1) is 0 Å². The molecule has 0 saturated carbocycles. The van der Waals surface area contributed by atoms with Crippen molar-refractivity contribution in [2.45, 2.75) is 39.2 Å². The predicted octanol–water partition coefficient (Wildman–Crippen LogP) is 3.33. The predicted molar refractivity (Wildman–Crippen MR) is 76.1 cm³/mol. The molecule has 18 heavy (non-hydrogen) atoms. The summed E-state index contributed by atoms with van der Waals surface area (Å²) in [5.74, 6) is 0.929. The smallest absolute Gasteiger partial charge is 0.118 e. The van der Waals surface area contributed by atoms with Crippen molar-refractivity contribution in [3.8, 4) is 5.75 Å². The number of piperidine rings is 1. The molecule has 0 aromatic heterocycles. The lowest BCUT2D eigenvalue weighted by Gasteiger charge is -2.28. The molecule has 2 nitrogen and oxygen atoms in total. The van der Waals surface area contributed by atoms with Gasteiger partial charge in [0.1, 0.15) is 5.75 Å². The van der Waals surface area contributed by atoms with Gasteiger partial charge in [0.15, 0.2) is 0 Å². The molecule has 2 heteroatoms. The summed E-state index contributed by atoms with van der Waals surface area (Å²) in [5, 5.41) is 3.64. The summed E-state index contributed by atoms with van der Waals surface area (Å²) >= 11 is 0. The number of hydrogen-bond acceptors (Lipinski definition) is 2. The number of ether oxygens (including phenoxy) is 1. The Kier molecular flexibility index (Phi) is 4.43. The van der Waals surface area contributed by atoms with Crippen molar-refractivity contribution in [2.75, 3.05) is 13.7 Å². The van der Waals surface area contributed by atoms with E-state index in [0.29, 0.717) is 6.04 Å². The number of hydrogen-bond donors (Lipinski definition) is 1. The van der Waals surface area contributed by atoms with Gasteiger partial charge in [-0.1, -0.05) is 23.3 Å². The molecule has 0 aliphatic carbocycles. The van der Waals surface area contributed by atoms with Gasteiger partial charge in [0.2, 0.25) is 0 Å². The highest BCUT2D eigenvalue weighted by atomic mass is 16.5. The zero-order chi connectivity index (χ0) is 13.0. The van der Waals surface area contributed by atoms with Gasteiger partial charge in [0, 0.05) is 6.04 Å². The summed E-state index contributed by atoms with van der Waals surface area (Å²) in [6.45, 7) is 5.59. The first-order chi connectivity index (χ1) is 8.70. The van der Waals surface area contributed by atoms with Gasteiger partial charge in [-0.2, -0.15) is 0 Å². The number of rotatable bonds is 3. The van der Waals surface area contributed by atoms with Crippen molar-refractivity contribution in [3.05, 3.63) is 41.0 Å². The van der Waals surface area contributed by atoms with Gasteiger partial charge < -0.3 is 10.1 Å². The molecule has 98 valence electrons. The maximum atomic E-state index is 5.19. The molecule has 0 bridgehead atoms. The van der Waals surface area contributed by atoms with Crippen molar-refractivity contribution >= 4 is 0 Å². The molecule has 1 aromatic rings. The van der Waals surface area contributed by atoms with Gasteiger partial charge in [-0.05, 0) is 57.4 Å². The fourth-order valence-corrected chi connectivity index (χ4v) is 2.64. The van der Waals surface area contributed by atoms with Crippen LogP contribution in [-0.4, -0.2) is 19.7 Å². The Morgan fingerprint density at radius 2 is 2.00 bits per heavy atom. The maximum absolute atomic E-state index is 5.19. The van der Waals surface area contributed by atoms with Crippen molar-refractivity contribution in [1.82, 2.24) is 5.32 Å². The van der Waals surface area contributed by atoms with Crippen molar-refractivity contribution in [3.63, 3.8) is 0 Å². The van der Waals surface area contributed by atoms with Crippen molar-refractivity contribution in [1.29, 1.82) is 0 Å². The van der Waals surface area contributed by atoms with Gasteiger partial charge in [0.25, 0.3) is 0 Å². The average Bonchev–Trinajstić information content (AvgIpc) is 2.40. The topological polar surface area (TPSA) is 21.3 Å². The molecule has 0 spiro atoms. The molecule has 1 heterocycles. The van der Waals surface area contributed by atoms with Crippen molar-refractivity contribution < 1.29 is 4.74 Å². The Bertz CT molecular complexity index is 415. The lowest BCUT2D eigenvalue weighted by molar-refractivity contribution is 0.414. The molecule has 0 unspecified atom stereocenters. The van der Waals surface area contributed by atoms with Crippen LogP contribution in [0.2, 0.25) is 0 Å². The molecule has 1 aliphatic heterocycles. The second-order valence-corrected chi connectivity index (χ2v) is 5.19. The zero-order valence-corrected chi connectivity index (χ0v) is 11.6. The van der Waals surface area contributed by atoms with Gasteiger partial charge >= 0.3 is 0 Å². The largest absolute Gasteiger partial charge is 0.497 e. The molecule has 0 amide bonds. The first kappa shape index (κ1) is 13.2. The van der Waals surface area contributed by atoms with Crippen LogP contribution in [0.1, 0.15) is 32.3 Å². The molecule has 0 radical (unpaired) electrons. The molecular weight excluding hydrogens is 222 g/mol. The maximum Gasteiger partial charge on any atom is 0.118 e. The molecule has 2 rings (SSSR count). The molecule has 1 aromatic carbocycles. The van der Waals surface area contributed by atoms with E-state index in [2.05, 4.69) is 31.3 Å². The van der Waals surface area contributed by atoms with Crippen LogP contribution < -0.4 is 10.1 Å². The molecule has 1 atom stereocenters. The minimum absolute atomic E-state index is 0.511. The highest BCUT2D eigenvalue weighted by Gasteiger charge is 2.19. The van der Waals surface area contributed by atoms with Crippen LogP contribution in [0.4, 0.5) is 0 Å². The van der Waals surface area contributed by atoms with E-state index in [0.717, 1.165) is 18.7 Å². The summed E-state index contributed by atoms with van der Waals surface area (Å²) in [4.78, 5) is 0. The van der Waals surface area contributed by atoms with Crippen molar-refractivity contribution in [2.24, 2.45) is 0 Å². The number of nitrogens with one attached hydrogen (secondary N) is 1. The molecule has 1 aliphatic rings. The Hall–Kier alpha value is -1.28. The number of benzene rings is 1. The van der Waals surface area contributed by atoms with Crippen LogP contribution in [0.5, 0.6) is 5.75 Å². The number of methoxy groups -OCH3 is 1. The average molecular weight is 245 g/mol. The van der Waals surface area contributed by atoms with Gasteiger partial charge in [-0.15, -0.1) is 0 Å². The van der Waals surface area contributed by atoms with E-state index in [1.165, 1.54) is 24.0 Å². The minimum atomic E-state index is 0.511. The van der Waals surface area contributed by atoms with Crippen LogP contribution in [0.3, 0.4) is 0 Å². The zero-order valence-electron chi connectivity index (χ0n) is 11.6. The first-order valence-electron chi connectivity index (χ1n) is 6.73. The summed E-state index contributed by atoms with van der Waals surface area (Å²) in [5.41, 5.74) is 4.44. The van der Waals surface area contributed by atoms with E-state index in [1.807, 2.05) is 12.1 Å². The van der Waals surface area contributed by atoms with E-state index in [4.69, 9.17) is 4.74 Å². The second kappa shape index (κ2) is 6.05. The lowest BCUT2D eigenvalue weighted by atomic mass is 9.89. The third kappa shape index (κ3) is 3.14. The fraction of sp³-hybridized carbons (Fsp3) is 0.500. The van der Waals surface area contributed by atoms with E-state index in [9.17, 15) is 0 Å². The van der Waals surface area contributed by atoms with Crippen LogP contribution in [-0.2, 0) is 6.42 Å². The number of allylic oxidation sites excluding steroid dienone is 1. The standard InChI is InChI=1S/C16H23NO/c1-12(2)15-5-4-10-17-16(15)11-13-6-8-14(18-3)9-7-13/h6-9,16-17H,4-5,10-11H2,1-3H3/t16-/m0/s1. The van der Waals surface area contributed by atoms with E-state index >= 15 is 0 Å². The lowest BCUT2D eigenvalue weighted by Crippen LogP contribution is -2.38. The van der Waals surface area contributed by atoms with Gasteiger partial charge in [-0.3, -0.25) is 0 Å². The Labute approximate surface area is 110 Å². The van der Waals surface area contributed by atoms with Crippen LogP contribution in [0.25, 0.3) is 0 Å². The van der Waals surface area contributed by atoms with Crippen LogP contribution >= 0.6 is 0 Å². The summed E-state index contributed by atoms with van der Waals surface area (Å²) in [6, 6.07) is 8.92. The summed E-state index contributed by atoms with van der Waals surface area (Å²) in [7, 11) is 1.71. The Balaban J connectivity index is 2.09. The minimum Gasteiger partial charge on any atom is -0.497 e. The monoisotopic (exact) mass is 245 g/mol. The van der Waals surface area contributed by atoms with E-state index in [1.54, 1.807) is 12.7 Å². The molecule has 1 fully saturated rings. The second-order valence-electron chi connectivity index (χ2n) is 5.19. The molecule has 1 saturated heterocycles. The highest BCUT2D eigenvalue weighted by molar-refractivity contribution is 5.30. The third-order valence-corrected chi connectivity index (χ3v) is 3.68. The highest BCUT2D eigenvalue weighted by Crippen LogP contribution is 2.23. The van der Waals surface area contributed by atoms with E-state index in [-0.39, 0.29) is 0 Å².